The minimum atomic E-state index is -0.144. The zero-order valence-corrected chi connectivity index (χ0v) is 8.51. The number of rotatable bonds is 0. The minimum absolute atomic E-state index is 0.0777. The molecule has 74 valence electrons. The van der Waals surface area contributed by atoms with Crippen LogP contribution in [0.4, 0.5) is 0 Å². The molecule has 0 aromatic carbocycles. The van der Waals surface area contributed by atoms with E-state index >= 15 is 0 Å². The van der Waals surface area contributed by atoms with Gasteiger partial charge >= 0.3 is 5.97 Å². The van der Waals surface area contributed by atoms with E-state index in [0.29, 0.717) is 0 Å². The van der Waals surface area contributed by atoms with Gasteiger partial charge in [-0.15, -0.1) is 0 Å². The summed E-state index contributed by atoms with van der Waals surface area (Å²) in [6.45, 7) is 3.80. The highest BCUT2D eigenvalue weighted by atomic mass is 16.5. The first-order valence-electron chi connectivity index (χ1n) is 5.08. The molecule has 0 aromatic heterocycles. The Bertz CT molecular complexity index is 206. The maximum atomic E-state index is 11.4. The fourth-order valence-electron chi connectivity index (χ4n) is 1.49. The third-order valence-electron chi connectivity index (χ3n) is 2.40. The maximum absolute atomic E-state index is 11.4. The van der Waals surface area contributed by atoms with E-state index in [1.165, 1.54) is 19.3 Å². The highest BCUT2D eigenvalue weighted by molar-refractivity contribution is 5.87. The SMILES string of the molecule is C/C1=C/CCCCCC(C)OC1=O. The van der Waals surface area contributed by atoms with Crippen LogP contribution in [0.25, 0.3) is 0 Å². The molecule has 2 nitrogen and oxygen atoms in total. The second-order valence-corrected chi connectivity index (χ2v) is 3.74. The Morgan fingerprint density at radius 3 is 2.92 bits per heavy atom. The summed E-state index contributed by atoms with van der Waals surface area (Å²) in [5.41, 5.74) is 0.758. The van der Waals surface area contributed by atoms with Gasteiger partial charge in [0.25, 0.3) is 0 Å². The Labute approximate surface area is 80.0 Å². The van der Waals surface area contributed by atoms with Crippen LogP contribution in [0, 0.1) is 0 Å². The molecule has 13 heavy (non-hydrogen) atoms. The quantitative estimate of drug-likeness (QED) is 0.538. The molecule has 0 bridgehead atoms. The summed E-state index contributed by atoms with van der Waals surface area (Å²) in [6.07, 6.45) is 7.67. The lowest BCUT2D eigenvalue weighted by atomic mass is 10.1. The van der Waals surface area contributed by atoms with Crippen LogP contribution >= 0.6 is 0 Å². The van der Waals surface area contributed by atoms with E-state index < -0.39 is 0 Å². The molecular weight excluding hydrogens is 164 g/mol. The van der Waals surface area contributed by atoms with Crippen LogP contribution in [0.15, 0.2) is 11.6 Å². The van der Waals surface area contributed by atoms with E-state index in [-0.39, 0.29) is 12.1 Å². The van der Waals surface area contributed by atoms with E-state index in [2.05, 4.69) is 0 Å². The number of carbonyl (C=O) groups is 1. The predicted octanol–water partition coefficient (Wildman–Crippen LogP) is 2.83. The first kappa shape index (κ1) is 10.3. The summed E-state index contributed by atoms with van der Waals surface area (Å²) >= 11 is 0. The summed E-state index contributed by atoms with van der Waals surface area (Å²) in [7, 11) is 0. The predicted molar refractivity (Wildman–Crippen MR) is 52.4 cm³/mol. The van der Waals surface area contributed by atoms with Gasteiger partial charge < -0.3 is 4.74 Å². The molecule has 1 rings (SSSR count). The average molecular weight is 182 g/mol. The van der Waals surface area contributed by atoms with Crippen LogP contribution in [-0.2, 0) is 9.53 Å². The summed E-state index contributed by atoms with van der Waals surface area (Å²) in [5, 5.41) is 0. The third kappa shape index (κ3) is 3.62. The standard InChI is InChI=1S/C11H18O2/c1-9-7-5-3-4-6-8-10(2)13-11(9)12/h7,10H,3-6,8H2,1-2H3/b9-7-. The molecule has 0 radical (unpaired) electrons. The second-order valence-electron chi connectivity index (χ2n) is 3.74. The number of carbonyl (C=O) groups excluding carboxylic acids is 1. The lowest BCUT2D eigenvalue weighted by Gasteiger charge is -2.14. The molecule has 0 fully saturated rings. The van der Waals surface area contributed by atoms with Gasteiger partial charge in [0.05, 0.1) is 6.10 Å². The number of ether oxygens (including phenoxy) is 1. The third-order valence-corrected chi connectivity index (χ3v) is 2.40. The topological polar surface area (TPSA) is 26.3 Å². The smallest absolute Gasteiger partial charge is 0.333 e. The van der Waals surface area contributed by atoms with Gasteiger partial charge in [-0.05, 0) is 39.5 Å². The molecule has 1 atom stereocenters. The largest absolute Gasteiger partial charge is 0.459 e. The Hall–Kier alpha value is -0.790. The molecule has 1 heterocycles. The molecule has 0 N–H and O–H groups in total. The van der Waals surface area contributed by atoms with Crippen LogP contribution < -0.4 is 0 Å². The molecule has 0 amide bonds. The normalized spacial score (nSPS) is 30.2. The van der Waals surface area contributed by atoms with Gasteiger partial charge in [-0.1, -0.05) is 12.5 Å². The zero-order valence-electron chi connectivity index (χ0n) is 8.51. The van der Waals surface area contributed by atoms with Gasteiger partial charge in [-0.25, -0.2) is 4.79 Å². The van der Waals surface area contributed by atoms with E-state index in [1.54, 1.807) is 0 Å². The Balaban J connectivity index is 2.57. The molecule has 1 aliphatic heterocycles. The van der Waals surface area contributed by atoms with Crippen LogP contribution in [0.5, 0.6) is 0 Å². The van der Waals surface area contributed by atoms with Crippen molar-refractivity contribution in [1.82, 2.24) is 0 Å². The van der Waals surface area contributed by atoms with Gasteiger partial charge in [-0.3, -0.25) is 0 Å². The summed E-state index contributed by atoms with van der Waals surface area (Å²) in [5.74, 6) is -0.144. The first-order chi connectivity index (χ1) is 6.20. The minimum Gasteiger partial charge on any atom is -0.459 e. The van der Waals surface area contributed by atoms with Crippen LogP contribution in [0.3, 0.4) is 0 Å². The Morgan fingerprint density at radius 2 is 2.15 bits per heavy atom. The van der Waals surface area contributed by atoms with Crippen molar-refractivity contribution in [3.05, 3.63) is 11.6 Å². The lowest BCUT2D eigenvalue weighted by Crippen LogP contribution is -2.16. The molecular formula is C11H18O2. The maximum Gasteiger partial charge on any atom is 0.333 e. The number of cyclic esters (lactones) is 1. The number of hydrogen-bond donors (Lipinski definition) is 0. The number of esters is 1. The molecule has 0 aliphatic carbocycles. The fraction of sp³-hybridized carbons (Fsp3) is 0.727. The Kier molecular flexibility index (Phi) is 4.00. The average Bonchev–Trinajstić information content (AvgIpc) is 2.09. The van der Waals surface area contributed by atoms with Gasteiger partial charge in [0.1, 0.15) is 0 Å². The second kappa shape index (κ2) is 5.05. The number of hydrogen-bond acceptors (Lipinski definition) is 2. The zero-order chi connectivity index (χ0) is 9.68. The Morgan fingerprint density at radius 1 is 1.38 bits per heavy atom. The van der Waals surface area contributed by atoms with Crippen molar-refractivity contribution >= 4 is 5.97 Å². The molecule has 0 aromatic rings. The molecule has 0 saturated carbocycles. The van der Waals surface area contributed by atoms with Crippen molar-refractivity contribution in [2.24, 2.45) is 0 Å². The van der Waals surface area contributed by atoms with Crippen LogP contribution in [0.2, 0.25) is 0 Å². The van der Waals surface area contributed by atoms with E-state index in [4.69, 9.17) is 4.74 Å². The van der Waals surface area contributed by atoms with Gasteiger partial charge in [-0.2, -0.15) is 0 Å². The van der Waals surface area contributed by atoms with Gasteiger partial charge in [0.2, 0.25) is 0 Å². The van der Waals surface area contributed by atoms with Crippen molar-refractivity contribution in [1.29, 1.82) is 0 Å². The lowest BCUT2D eigenvalue weighted by molar-refractivity contribution is -0.143. The summed E-state index contributed by atoms with van der Waals surface area (Å²) in [6, 6.07) is 0. The fourth-order valence-corrected chi connectivity index (χ4v) is 1.49. The van der Waals surface area contributed by atoms with Gasteiger partial charge in [0, 0.05) is 5.57 Å². The van der Waals surface area contributed by atoms with Crippen LogP contribution in [-0.4, -0.2) is 12.1 Å². The van der Waals surface area contributed by atoms with Crippen LogP contribution in [0.1, 0.15) is 46.0 Å². The van der Waals surface area contributed by atoms with Gasteiger partial charge in [0.15, 0.2) is 0 Å². The number of allylic oxidation sites excluding steroid dienone is 1. The van der Waals surface area contributed by atoms with Crippen molar-refractivity contribution in [2.45, 2.75) is 52.1 Å². The van der Waals surface area contributed by atoms with Crippen molar-refractivity contribution < 1.29 is 9.53 Å². The van der Waals surface area contributed by atoms with E-state index in [9.17, 15) is 4.79 Å². The molecule has 1 aliphatic rings. The summed E-state index contributed by atoms with van der Waals surface area (Å²) in [4.78, 5) is 11.4. The van der Waals surface area contributed by atoms with Crippen molar-refractivity contribution in [2.75, 3.05) is 0 Å². The molecule has 1 unspecified atom stereocenters. The van der Waals surface area contributed by atoms with Crippen molar-refractivity contribution in [3.8, 4) is 0 Å². The molecule has 0 spiro atoms. The summed E-state index contributed by atoms with van der Waals surface area (Å²) < 4.78 is 5.23. The van der Waals surface area contributed by atoms with E-state index in [1.807, 2.05) is 19.9 Å². The molecule has 0 saturated heterocycles. The van der Waals surface area contributed by atoms with Crippen molar-refractivity contribution in [3.63, 3.8) is 0 Å². The molecule has 2 heteroatoms. The highest BCUT2D eigenvalue weighted by Gasteiger charge is 2.11. The monoisotopic (exact) mass is 182 g/mol. The van der Waals surface area contributed by atoms with E-state index in [0.717, 1.165) is 18.4 Å². The highest BCUT2D eigenvalue weighted by Crippen LogP contribution is 2.13. The first-order valence-corrected chi connectivity index (χ1v) is 5.08.